The van der Waals surface area contributed by atoms with Crippen molar-refractivity contribution in [1.29, 1.82) is 0 Å². The van der Waals surface area contributed by atoms with E-state index < -0.39 is 5.97 Å². The van der Waals surface area contributed by atoms with Crippen molar-refractivity contribution in [2.45, 2.75) is 10.6 Å². The molecule has 0 atom stereocenters. The van der Waals surface area contributed by atoms with Crippen LogP contribution in [0.5, 0.6) is 5.75 Å². The van der Waals surface area contributed by atoms with Crippen LogP contribution < -0.4 is 4.74 Å². The van der Waals surface area contributed by atoms with Crippen molar-refractivity contribution in [1.82, 2.24) is 9.78 Å². The first-order chi connectivity index (χ1) is 9.13. The SMILES string of the molecule is COc1ccccc1SCc1c(C(=O)O)cnn1C. The van der Waals surface area contributed by atoms with Gasteiger partial charge in [-0.15, -0.1) is 11.8 Å². The van der Waals surface area contributed by atoms with E-state index in [0.29, 0.717) is 11.4 Å². The standard InChI is InChI=1S/C13H14N2O3S/c1-15-10(9(7-14-15)13(16)17)8-19-12-6-4-3-5-11(12)18-2/h3-7H,8H2,1-2H3,(H,16,17). The van der Waals surface area contributed by atoms with Crippen molar-refractivity contribution in [3.8, 4) is 5.75 Å². The lowest BCUT2D eigenvalue weighted by atomic mass is 10.3. The van der Waals surface area contributed by atoms with Crippen molar-refractivity contribution in [2.24, 2.45) is 7.05 Å². The third kappa shape index (κ3) is 2.90. The first-order valence-electron chi connectivity index (χ1n) is 5.63. The van der Waals surface area contributed by atoms with Crippen LogP contribution in [0.25, 0.3) is 0 Å². The molecule has 5 nitrogen and oxygen atoms in total. The molecule has 1 heterocycles. The topological polar surface area (TPSA) is 64.3 Å². The molecule has 2 aromatic rings. The minimum atomic E-state index is -0.955. The van der Waals surface area contributed by atoms with E-state index in [1.54, 1.807) is 18.8 Å². The van der Waals surface area contributed by atoms with Gasteiger partial charge in [-0.3, -0.25) is 4.68 Å². The van der Waals surface area contributed by atoms with Crippen molar-refractivity contribution in [3.05, 3.63) is 41.7 Å². The Morgan fingerprint density at radius 2 is 2.21 bits per heavy atom. The maximum absolute atomic E-state index is 11.1. The Morgan fingerprint density at radius 3 is 2.89 bits per heavy atom. The van der Waals surface area contributed by atoms with E-state index >= 15 is 0 Å². The summed E-state index contributed by atoms with van der Waals surface area (Å²) in [6.45, 7) is 0. The summed E-state index contributed by atoms with van der Waals surface area (Å²) in [5.41, 5.74) is 0.924. The molecule has 0 bridgehead atoms. The van der Waals surface area contributed by atoms with Gasteiger partial charge in [0.25, 0.3) is 0 Å². The van der Waals surface area contributed by atoms with E-state index in [4.69, 9.17) is 9.84 Å². The first kappa shape index (κ1) is 13.5. The summed E-state index contributed by atoms with van der Waals surface area (Å²) in [7, 11) is 3.36. The van der Waals surface area contributed by atoms with Crippen LogP contribution in [0, 0.1) is 0 Å². The van der Waals surface area contributed by atoms with Crippen molar-refractivity contribution < 1.29 is 14.6 Å². The average molecular weight is 278 g/mol. The molecule has 0 radical (unpaired) electrons. The van der Waals surface area contributed by atoms with Crippen LogP contribution in [-0.4, -0.2) is 28.0 Å². The number of hydrogen-bond donors (Lipinski definition) is 1. The molecule has 0 saturated heterocycles. The Morgan fingerprint density at radius 1 is 1.47 bits per heavy atom. The molecule has 2 rings (SSSR count). The summed E-state index contributed by atoms with van der Waals surface area (Å²) >= 11 is 1.53. The monoisotopic (exact) mass is 278 g/mol. The molecule has 1 aromatic carbocycles. The van der Waals surface area contributed by atoms with Gasteiger partial charge in [0.05, 0.1) is 19.0 Å². The number of carboxylic acids is 1. The van der Waals surface area contributed by atoms with Gasteiger partial charge in [0.2, 0.25) is 0 Å². The molecule has 100 valence electrons. The van der Waals surface area contributed by atoms with Gasteiger partial charge in [-0.25, -0.2) is 4.79 Å². The molecule has 0 saturated carbocycles. The average Bonchev–Trinajstić information content (AvgIpc) is 2.78. The highest BCUT2D eigenvalue weighted by Crippen LogP contribution is 2.31. The zero-order valence-corrected chi connectivity index (χ0v) is 11.5. The zero-order chi connectivity index (χ0) is 13.8. The van der Waals surface area contributed by atoms with Crippen LogP contribution in [0.2, 0.25) is 0 Å². The third-order valence-corrected chi connectivity index (χ3v) is 3.79. The number of para-hydroxylation sites is 1. The fourth-order valence-corrected chi connectivity index (χ4v) is 2.80. The smallest absolute Gasteiger partial charge is 0.339 e. The van der Waals surface area contributed by atoms with Crippen LogP contribution in [0.4, 0.5) is 0 Å². The summed E-state index contributed by atoms with van der Waals surface area (Å²) in [5.74, 6) is 0.355. The van der Waals surface area contributed by atoms with Gasteiger partial charge in [0.15, 0.2) is 0 Å². The van der Waals surface area contributed by atoms with Gasteiger partial charge < -0.3 is 9.84 Å². The van der Waals surface area contributed by atoms with E-state index in [9.17, 15) is 4.79 Å². The van der Waals surface area contributed by atoms with Gasteiger partial charge in [-0.2, -0.15) is 5.10 Å². The summed E-state index contributed by atoms with van der Waals surface area (Å²) < 4.78 is 6.85. The molecule has 0 spiro atoms. The number of carboxylic acid groups (broad SMARTS) is 1. The number of methoxy groups -OCH3 is 1. The Hall–Kier alpha value is -1.95. The number of rotatable bonds is 5. The fourth-order valence-electron chi connectivity index (χ4n) is 1.70. The number of nitrogens with zero attached hydrogens (tertiary/aromatic N) is 2. The van der Waals surface area contributed by atoms with E-state index in [0.717, 1.165) is 10.6 Å². The minimum Gasteiger partial charge on any atom is -0.496 e. The van der Waals surface area contributed by atoms with E-state index in [2.05, 4.69) is 5.10 Å². The summed E-state index contributed by atoms with van der Waals surface area (Å²) in [4.78, 5) is 12.1. The molecule has 0 aliphatic heterocycles. The Labute approximate surface area is 115 Å². The molecular weight excluding hydrogens is 264 g/mol. The molecule has 0 fully saturated rings. The highest BCUT2D eigenvalue weighted by atomic mass is 32.2. The number of hydrogen-bond acceptors (Lipinski definition) is 4. The van der Waals surface area contributed by atoms with Crippen LogP contribution >= 0.6 is 11.8 Å². The second-order valence-corrected chi connectivity index (χ2v) is 4.89. The maximum Gasteiger partial charge on any atom is 0.339 e. The molecule has 0 amide bonds. The summed E-state index contributed by atoms with van der Waals surface area (Å²) in [6, 6.07) is 7.64. The van der Waals surface area contributed by atoms with Crippen LogP contribution in [0.1, 0.15) is 16.1 Å². The lowest BCUT2D eigenvalue weighted by Crippen LogP contribution is -2.03. The molecular formula is C13H14N2O3S. The molecule has 19 heavy (non-hydrogen) atoms. The quantitative estimate of drug-likeness (QED) is 0.851. The number of benzene rings is 1. The predicted molar refractivity (Wildman–Crippen MR) is 72.7 cm³/mol. The molecule has 0 unspecified atom stereocenters. The Balaban J connectivity index is 2.19. The Bertz CT molecular complexity index is 595. The van der Waals surface area contributed by atoms with Crippen molar-refractivity contribution in [3.63, 3.8) is 0 Å². The highest BCUT2D eigenvalue weighted by Gasteiger charge is 2.15. The second-order valence-electron chi connectivity index (χ2n) is 3.87. The fraction of sp³-hybridized carbons (Fsp3) is 0.231. The van der Waals surface area contributed by atoms with Gasteiger partial charge in [-0.1, -0.05) is 12.1 Å². The summed E-state index contributed by atoms with van der Waals surface area (Å²) in [5, 5.41) is 13.1. The number of aryl methyl sites for hydroxylation is 1. The summed E-state index contributed by atoms with van der Waals surface area (Å²) in [6.07, 6.45) is 1.38. The Kier molecular flexibility index (Phi) is 4.11. The molecule has 0 aliphatic carbocycles. The molecule has 1 aromatic heterocycles. The van der Waals surface area contributed by atoms with Gasteiger partial charge in [0.1, 0.15) is 11.3 Å². The van der Waals surface area contributed by atoms with Crippen LogP contribution in [0.3, 0.4) is 0 Å². The molecule has 0 aliphatic rings. The maximum atomic E-state index is 11.1. The molecule has 6 heteroatoms. The second kappa shape index (κ2) is 5.79. The van der Waals surface area contributed by atoms with Crippen molar-refractivity contribution >= 4 is 17.7 Å². The van der Waals surface area contributed by atoms with Crippen LogP contribution in [-0.2, 0) is 12.8 Å². The van der Waals surface area contributed by atoms with Gasteiger partial charge in [0, 0.05) is 17.7 Å². The predicted octanol–water partition coefficient (Wildman–Crippen LogP) is 2.42. The minimum absolute atomic E-state index is 0.241. The van der Waals surface area contributed by atoms with Gasteiger partial charge in [-0.05, 0) is 12.1 Å². The van der Waals surface area contributed by atoms with E-state index in [1.807, 2.05) is 24.3 Å². The first-order valence-corrected chi connectivity index (χ1v) is 6.62. The zero-order valence-electron chi connectivity index (χ0n) is 10.7. The van der Waals surface area contributed by atoms with Crippen molar-refractivity contribution in [2.75, 3.05) is 7.11 Å². The number of thioether (sulfide) groups is 1. The van der Waals surface area contributed by atoms with E-state index in [1.165, 1.54) is 18.0 Å². The number of aromatic nitrogens is 2. The largest absolute Gasteiger partial charge is 0.496 e. The lowest BCUT2D eigenvalue weighted by molar-refractivity contribution is 0.0696. The number of ether oxygens (including phenoxy) is 1. The van der Waals surface area contributed by atoms with Gasteiger partial charge >= 0.3 is 5.97 Å². The normalized spacial score (nSPS) is 10.4. The number of carbonyl (C=O) groups is 1. The highest BCUT2D eigenvalue weighted by molar-refractivity contribution is 7.98. The van der Waals surface area contributed by atoms with Crippen LogP contribution in [0.15, 0.2) is 35.4 Å². The molecule has 1 N–H and O–H groups in total. The lowest BCUT2D eigenvalue weighted by Gasteiger charge is -2.08. The number of aromatic carboxylic acids is 1. The van der Waals surface area contributed by atoms with E-state index in [-0.39, 0.29) is 5.56 Å². The third-order valence-electron chi connectivity index (χ3n) is 2.73.